The van der Waals surface area contributed by atoms with Crippen molar-refractivity contribution in [2.45, 2.75) is 45.1 Å². The SMILES string of the molecule is CC(C)(C)OC(=O)CC1CN(c2ccc(C#N)c3ncccc23)CC(F)(F)C1. The molecule has 1 fully saturated rings. The van der Waals surface area contributed by atoms with Crippen LogP contribution < -0.4 is 4.90 Å². The van der Waals surface area contributed by atoms with Gasteiger partial charge in [-0.1, -0.05) is 0 Å². The van der Waals surface area contributed by atoms with E-state index in [1.165, 1.54) is 0 Å². The largest absolute Gasteiger partial charge is 0.460 e. The number of fused-ring (bicyclic) bond motifs is 1. The number of carbonyl (C=O) groups is 1. The number of carbonyl (C=O) groups excluding carboxylic acids is 1. The average Bonchev–Trinajstić information content (AvgIpc) is 2.57. The number of pyridine rings is 1. The molecule has 0 spiro atoms. The van der Waals surface area contributed by atoms with Crippen LogP contribution in [0.4, 0.5) is 14.5 Å². The van der Waals surface area contributed by atoms with Gasteiger partial charge in [-0.25, -0.2) is 8.78 Å². The van der Waals surface area contributed by atoms with Crippen molar-refractivity contribution in [2.24, 2.45) is 5.92 Å². The summed E-state index contributed by atoms with van der Waals surface area (Å²) in [6.45, 7) is 5.13. The lowest BCUT2D eigenvalue weighted by atomic mass is 9.91. The number of hydrogen-bond donors (Lipinski definition) is 0. The first-order valence-electron chi connectivity index (χ1n) is 9.20. The van der Waals surface area contributed by atoms with Gasteiger partial charge in [0.2, 0.25) is 0 Å². The predicted octanol–water partition coefficient (Wildman–Crippen LogP) is 4.30. The summed E-state index contributed by atoms with van der Waals surface area (Å²) in [4.78, 5) is 18.0. The number of hydrogen-bond acceptors (Lipinski definition) is 5. The summed E-state index contributed by atoms with van der Waals surface area (Å²) in [5.74, 6) is -3.92. The Balaban J connectivity index is 1.89. The molecule has 28 heavy (non-hydrogen) atoms. The van der Waals surface area contributed by atoms with Crippen LogP contribution in [0, 0.1) is 17.2 Å². The molecule has 1 saturated heterocycles. The van der Waals surface area contributed by atoms with Crippen molar-refractivity contribution < 1.29 is 18.3 Å². The fraction of sp³-hybridized carbons (Fsp3) is 0.476. The maximum absolute atomic E-state index is 14.5. The summed E-state index contributed by atoms with van der Waals surface area (Å²) < 4.78 is 34.2. The molecule has 0 saturated carbocycles. The van der Waals surface area contributed by atoms with Crippen molar-refractivity contribution in [1.82, 2.24) is 4.98 Å². The zero-order valence-corrected chi connectivity index (χ0v) is 16.2. The molecular weight excluding hydrogens is 364 g/mol. The van der Waals surface area contributed by atoms with Crippen molar-refractivity contribution in [2.75, 3.05) is 18.0 Å². The molecule has 1 aromatic heterocycles. The molecule has 0 amide bonds. The van der Waals surface area contributed by atoms with Crippen LogP contribution in [0.3, 0.4) is 0 Å². The van der Waals surface area contributed by atoms with Crippen LogP contribution in [0.1, 0.15) is 39.2 Å². The lowest BCUT2D eigenvalue weighted by Crippen LogP contribution is -2.48. The average molecular weight is 387 g/mol. The van der Waals surface area contributed by atoms with Gasteiger partial charge >= 0.3 is 5.97 Å². The second-order valence-corrected chi connectivity index (χ2v) is 8.24. The van der Waals surface area contributed by atoms with E-state index in [0.29, 0.717) is 28.7 Å². The highest BCUT2D eigenvalue weighted by Gasteiger charge is 2.41. The number of esters is 1. The second kappa shape index (κ2) is 7.34. The minimum Gasteiger partial charge on any atom is -0.460 e. The van der Waals surface area contributed by atoms with Gasteiger partial charge in [-0.3, -0.25) is 9.78 Å². The monoisotopic (exact) mass is 387 g/mol. The van der Waals surface area contributed by atoms with Gasteiger partial charge in [-0.15, -0.1) is 0 Å². The lowest BCUT2D eigenvalue weighted by Gasteiger charge is -2.39. The van der Waals surface area contributed by atoms with E-state index in [9.17, 15) is 18.8 Å². The Bertz CT molecular complexity index is 931. The molecule has 2 aromatic rings. The van der Waals surface area contributed by atoms with Gasteiger partial charge in [-0.05, 0) is 51.0 Å². The standard InChI is InChI=1S/C21H23F2N3O2/c1-20(2,3)28-18(27)9-14-10-21(22,23)13-26(12-14)17-7-6-15(11-24)19-16(17)5-4-8-25-19/h4-8,14H,9-10,12-13H2,1-3H3. The van der Waals surface area contributed by atoms with E-state index < -0.39 is 30.0 Å². The van der Waals surface area contributed by atoms with Gasteiger partial charge in [0.1, 0.15) is 11.7 Å². The maximum Gasteiger partial charge on any atom is 0.306 e. The molecule has 5 nitrogen and oxygen atoms in total. The number of benzene rings is 1. The number of nitriles is 1. The van der Waals surface area contributed by atoms with E-state index in [4.69, 9.17) is 4.74 Å². The van der Waals surface area contributed by atoms with E-state index in [1.54, 1.807) is 56.1 Å². The summed E-state index contributed by atoms with van der Waals surface area (Å²) in [6, 6.07) is 8.84. The first-order chi connectivity index (χ1) is 13.1. The number of alkyl halides is 2. The van der Waals surface area contributed by atoms with Crippen LogP contribution in [-0.2, 0) is 9.53 Å². The smallest absolute Gasteiger partial charge is 0.306 e. The molecule has 1 aliphatic heterocycles. The van der Waals surface area contributed by atoms with E-state index in [-0.39, 0.29) is 12.8 Å². The quantitative estimate of drug-likeness (QED) is 0.735. The number of anilines is 1. The fourth-order valence-corrected chi connectivity index (χ4v) is 3.67. The summed E-state index contributed by atoms with van der Waals surface area (Å²) in [5, 5.41) is 9.93. The van der Waals surface area contributed by atoms with Crippen molar-refractivity contribution in [3.8, 4) is 6.07 Å². The molecule has 1 aliphatic rings. The number of aromatic nitrogens is 1. The highest BCUT2D eigenvalue weighted by atomic mass is 19.3. The Morgan fingerprint density at radius 1 is 1.39 bits per heavy atom. The highest BCUT2D eigenvalue weighted by molar-refractivity contribution is 5.95. The Hall–Kier alpha value is -2.75. The molecule has 7 heteroatoms. The van der Waals surface area contributed by atoms with E-state index >= 15 is 0 Å². The molecule has 0 radical (unpaired) electrons. The zero-order valence-electron chi connectivity index (χ0n) is 16.2. The van der Waals surface area contributed by atoms with E-state index in [0.717, 1.165) is 0 Å². The molecule has 0 aliphatic carbocycles. The number of rotatable bonds is 3. The van der Waals surface area contributed by atoms with E-state index in [1.807, 2.05) is 0 Å². The van der Waals surface area contributed by atoms with Gasteiger partial charge in [0.15, 0.2) is 0 Å². The first kappa shape index (κ1) is 20.0. The van der Waals surface area contributed by atoms with Crippen molar-refractivity contribution in [1.29, 1.82) is 5.26 Å². The topological polar surface area (TPSA) is 66.2 Å². The van der Waals surface area contributed by atoms with Crippen LogP contribution >= 0.6 is 0 Å². The normalized spacial score (nSPS) is 19.3. The fourth-order valence-electron chi connectivity index (χ4n) is 3.67. The highest BCUT2D eigenvalue weighted by Crippen LogP contribution is 2.37. The van der Waals surface area contributed by atoms with Gasteiger partial charge in [0.05, 0.1) is 24.0 Å². The summed E-state index contributed by atoms with van der Waals surface area (Å²) >= 11 is 0. The summed E-state index contributed by atoms with van der Waals surface area (Å²) in [7, 11) is 0. The number of nitrogens with zero attached hydrogens (tertiary/aromatic N) is 3. The third kappa shape index (κ3) is 4.56. The molecule has 0 N–H and O–H groups in total. The number of ether oxygens (including phenoxy) is 1. The molecule has 1 unspecified atom stereocenters. The van der Waals surface area contributed by atoms with Crippen LogP contribution in [-0.4, -0.2) is 35.6 Å². The zero-order chi connectivity index (χ0) is 20.5. The third-order valence-corrected chi connectivity index (χ3v) is 4.57. The minimum absolute atomic E-state index is 0.0597. The summed E-state index contributed by atoms with van der Waals surface area (Å²) in [6.07, 6.45) is 1.16. The number of halogens is 2. The summed E-state index contributed by atoms with van der Waals surface area (Å²) in [5.41, 5.74) is 0.826. The third-order valence-electron chi connectivity index (χ3n) is 4.57. The Kier molecular flexibility index (Phi) is 5.24. The van der Waals surface area contributed by atoms with E-state index in [2.05, 4.69) is 11.1 Å². The van der Waals surface area contributed by atoms with Crippen molar-refractivity contribution >= 4 is 22.6 Å². The molecule has 3 rings (SSSR count). The van der Waals surface area contributed by atoms with Crippen LogP contribution in [0.25, 0.3) is 10.9 Å². The maximum atomic E-state index is 14.5. The molecule has 148 valence electrons. The Labute approximate surface area is 162 Å². The van der Waals surface area contributed by atoms with Crippen LogP contribution in [0.5, 0.6) is 0 Å². The molecule has 1 atom stereocenters. The predicted molar refractivity (Wildman–Crippen MR) is 102 cm³/mol. The molecule has 1 aromatic carbocycles. The molecular formula is C21H23F2N3O2. The molecule has 2 heterocycles. The van der Waals surface area contributed by atoms with Gasteiger partial charge in [0, 0.05) is 30.2 Å². The van der Waals surface area contributed by atoms with Gasteiger partial charge < -0.3 is 9.64 Å². The van der Waals surface area contributed by atoms with Gasteiger partial charge in [-0.2, -0.15) is 5.26 Å². The van der Waals surface area contributed by atoms with Gasteiger partial charge in [0.25, 0.3) is 5.92 Å². The van der Waals surface area contributed by atoms with Crippen molar-refractivity contribution in [3.63, 3.8) is 0 Å². The Morgan fingerprint density at radius 2 is 2.14 bits per heavy atom. The number of piperidine rings is 1. The van der Waals surface area contributed by atoms with Crippen LogP contribution in [0.2, 0.25) is 0 Å². The second-order valence-electron chi connectivity index (χ2n) is 8.24. The minimum atomic E-state index is -2.92. The lowest BCUT2D eigenvalue weighted by molar-refractivity contribution is -0.156. The first-order valence-corrected chi connectivity index (χ1v) is 9.20. The molecule has 0 bridgehead atoms. The Morgan fingerprint density at radius 3 is 2.82 bits per heavy atom. The van der Waals surface area contributed by atoms with Crippen LogP contribution in [0.15, 0.2) is 30.5 Å². The van der Waals surface area contributed by atoms with Crippen molar-refractivity contribution in [3.05, 3.63) is 36.0 Å².